The molecule has 0 aromatic heterocycles. The molecule has 0 atom stereocenters. The van der Waals surface area contributed by atoms with E-state index in [0.717, 1.165) is 0 Å². The van der Waals surface area contributed by atoms with Gasteiger partial charge in [0.25, 0.3) is 0 Å². The van der Waals surface area contributed by atoms with Gasteiger partial charge in [-0.1, -0.05) is 36.7 Å². The second-order valence-electron chi connectivity index (χ2n) is 2.73. The van der Waals surface area contributed by atoms with E-state index in [1.807, 2.05) is 4.90 Å². The Morgan fingerprint density at radius 3 is 1.47 bits per heavy atom. The second kappa shape index (κ2) is 13.3. The Morgan fingerprint density at radius 1 is 0.882 bits per heavy atom. The van der Waals surface area contributed by atoms with Gasteiger partial charge in [-0.05, 0) is 0 Å². The quantitative estimate of drug-likeness (QED) is 0.269. The zero-order valence-corrected chi connectivity index (χ0v) is 17.6. The van der Waals surface area contributed by atoms with Crippen LogP contribution in [-0.2, 0) is 0 Å². The van der Waals surface area contributed by atoms with Crippen molar-refractivity contribution in [1.29, 1.82) is 0 Å². The van der Waals surface area contributed by atoms with Crippen molar-refractivity contribution in [2.24, 2.45) is 0 Å². The van der Waals surface area contributed by atoms with Crippen molar-refractivity contribution in [1.82, 2.24) is 15.5 Å². The van der Waals surface area contributed by atoms with Crippen LogP contribution in [0, 0.1) is 0 Å². The van der Waals surface area contributed by atoms with Crippen molar-refractivity contribution >= 4 is 139 Å². The fourth-order valence-electron chi connectivity index (χ4n) is 0.899. The molecule has 0 saturated carbocycles. The number of hydrogen-bond acceptors (Lipinski definition) is 3. The van der Waals surface area contributed by atoms with Crippen molar-refractivity contribution in [3.05, 3.63) is 0 Å². The van der Waals surface area contributed by atoms with Crippen LogP contribution in [0.25, 0.3) is 0 Å². The average Bonchev–Trinajstić information content (AvgIpc) is 2.14. The summed E-state index contributed by atoms with van der Waals surface area (Å²) in [7, 11) is 0. The predicted octanol–water partition coefficient (Wildman–Crippen LogP) is 0.731. The van der Waals surface area contributed by atoms with E-state index in [9.17, 15) is 0 Å². The minimum Gasteiger partial charge on any atom is -0.369 e. The fourth-order valence-corrected chi connectivity index (χ4v) is 1.71. The van der Waals surface area contributed by atoms with Gasteiger partial charge in [0.05, 0.1) is 0 Å². The summed E-state index contributed by atoms with van der Waals surface area (Å²) in [5, 5.41) is 5.86. The van der Waals surface area contributed by atoms with Crippen LogP contribution in [0.15, 0.2) is 0 Å². The van der Waals surface area contributed by atoms with Crippen LogP contribution < -0.4 is 10.6 Å². The molecule has 93 valence electrons. The molecule has 0 aliphatic heterocycles. The predicted molar refractivity (Wildman–Crippen MR) is 98.1 cm³/mol. The molecule has 3 nitrogen and oxygen atoms in total. The third-order valence-corrected chi connectivity index (χ3v) is 2.73. The zero-order valence-electron chi connectivity index (χ0n) is 9.34. The second-order valence-corrected chi connectivity index (χ2v) is 6.16. The number of thiocarbonyl (C=S) groups is 3. The van der Waals surface area contributed by atoms with Crippen LogP contribution in [0.2, 0.25) is 0 Å². The number of hydrogen-bond donors (Lipinski definition) is 5. The third-order valence-electron chi connectivity index (χ3n) is 1.59. The summed E-state index contributed by atoms with van der Waals surface area (Å²) in [6.45, 7) is 2.77. The summed E-state index contributed by atoms with van der Waals surface area (Å²) >= 11 is 26.6. The van der Waals surface area contributed by atoms with Crippen molar-refractivity contribution in [3.8, 4) is 0 Å². The monoisotopic (exact) mass is 370 g/mol. The van der Waals surface area contributed by atoms with E-state index in [1.54, 1.807) is 0 Å². The Labute approximate surface area is 177 Å². The normalized spacial score (nSPS) is 8.88. The zero-order chi connectivity index (χ0) is 12.6. The molecule has 1 radical (unpaired) electrons. The number of rotatable bonds is 6. The molecule has 0 aliphatic rings. The van der Waals surface area contributed by atoms with E-state index >= 15 is 0 Å². The van der Waals surface area contributed by atoms with E-state index in [-0.39, 0.29) is 51.4 Å². The van der Waals surface area contributed by atoms with Crippen molar-refractivity contribution in [2.45, 2.75) is 0 Å². The van der Waals surface area contributed by atoms with Gasteiger partial charge in [-0.3, -0.25) is 0 Å². The Morgan fingerprint density at radius 2 is 1.24 bits per heavy atom. The first kappa shape index (κ1) is 21.7. The van der Waals surface area contributed by atoms with Gasteiger partial charge in [-0.25, -0.2) is 0 Å². The molecule has 0 amide bonds. The molecule has 0 aliphatic carbocycles. The maximum absolute atomic E-state index is 5.01. The smallest absolute Gasteiger partial charge is 0.133 e. The standard InChI is InChI=1S/C7H13N3S6.K/c11-5(12)8-1-3-10(7(15)16)4-2-9-6(13)14;/h1-4H2,(H,15,16)(H2,8,11,12)(H2,9,13,14);. The molecule has 17 heavy (non-hydrogen) atoms. The van der Waals surface area contributed by atoms with Crippen molar-refractivity contribution in [2.75, 3.05) is 26.2 Å². The van der Waals surface area contributed by atoms with Crippen LogP contribution in [0.3, 0.4) is 0 Å². The molecular formula is C7H13KN3S6. The molecule has 0 aromatic carbocycles. The Hall–Kier alpha value is 2.36. The van der Waals surface area contributed by atoms with Gasteiger partial charge >= 0.3 is 0 Å². The van der Waals surface area contributed by atoms with Crippen LogP contribution >= 0.6 is 74.5 Å². The maximum Gasteiger partial charge on any atom is 0.133 e. The van der Waals surface area contributed by atoms with E-state index in [1.165, 1.54) is 0 Å². The summed E-state index contributed by atoms with van der Waals surface area (Å²) in [5.74, 6) is 0. The maximum atomic E-state index is 5.01. The fraction of sp³-hybridized carbons (Fsp3) is 0.571. The first-order valence-corrected chi connectivity index (χ1v) is 6.91. The van der Waals surface area contributed by atoms with Crippen LogP contribution in [0.5, 0.6) is 0 Å². The van der Waals surface area contributed by atoms with Gasteiger partial charge in [0.1, 0.15) is 13.0 Å². The Kier molecular flexibility index (Phi) is 17.0. The van der Waals surface area contributed by atoms with E-state index < -0.39 is 0 Å². The molecule has 10 heteroatoms. The first-order chi connectivity index (χ1) is 7.43. The molecule has 0 spiro atoms. The molecule has 2 N–H and O–H groups in total. The van der Waals surface area contributed by atoms with Gasteiger partial charge in [0, 0.05) is 77.6 Å². The van der Waals surface area contributed by atoms with E-state index in [0.29, 0.717) is 39.1 Å². The van der Waals surface area contributed by atoms with Crippen LogP contribution in [-0.4, -0.2) is 95.4 Å². The van der Waals surface area contributed by atoms with Gasteiger partial charge in [-0.15, -0.1) is 37.9 Å². The van der Waals surface area contributed by atoms with Crippen LogP contribution in [0.1, 0.15) is 0 Å². The van der Waals surface area contributed by atoms with Gasteiger partial charge in [0.2, 0.25) is 0 Å². The number of nitrogens with one attached hydrogen (secondary N) is 2. The third kappa shape index (κ3) is 14.6. The van der Waals surface area contributed by atoms with Crippen LogP contribution in [0.4, 0.5) is 0 Å². The summed E-state index contributed by atoms with van der Waals surface area (Å²) in [5.41, 5.74) is 0. The number of thiol groups is 3. The SMILES string of the molecule is S=C(S)NCCN(CCNC(=S)S)C(=S)S.[K]. The molecular weight excluding hydrogens is 358 g/mol. The van der Waals surface area contributed by atoms with Gasteiger partial charge in [-0.2, -0.15) is 0 Å². The van der Waals surface area contributed by atoms with Crippen molar-refractivity contribution < 1.29 is 0 Å². The number of nitrogens with zero attached hydrogens (tertiary/aromatic N) is 1. The minimum absolute atomic E-state index is 0. The van der Waals surface area contributed by atoms with E-state index in [4.69, 9.17) is 36.7 Å². The van der Waals surface area contributed by atoms with E-state index in [2.05, 4.69) is 48.5 Å². The summed E-state index contributed by atoms with van der Waals surface area (Å²) in [6, 6.07) is 0. The largest absolute Gasteiger partial charge is 0.369 e. The molecule has 0 heterocycles. The minimum atomic E-state index is 0. The first-order valence-electron chi connectivity index (χ1n) is 4.35. The molecule has 0 unspecified atom stereocenters. The summed E-state index contributed by atoms with van der Waals surface area (Å²) in [4.78, 5) is 1.93. The Bertz CT molecular complexity index is 254. The molecule has 0 aromatic rings. The van der Waals surface area contributed by atoms with Crippen molar-refractivity contribution in [3.63, 3.8) is 0 Å². The summed E-state index contributed by atoms with van der Waals surface area (Å²) < 4.78 is 1.48. The molecule has 0 rings (SSSR count). The van der Waals surface area contributed by atoms with Gasteiger partial charge in [0.15, 0.2) is 0 Å². The summed E-state index contributed by atoms with van der Waals surface area (Å²) in [6.07, 6.45) is 0. The Balaban J connectivity index is 0. The topological polar surface area (TPSA) is 27.3 Å². The average molecular weight is 371 g/mol. The molecule has 0 saturated heterocycles. The molecule has 0 fully saturated rings. The van der Waals surface area contributed by atoms with Gasteiger partial charge < -0.3 is 15.5 Å². The molecule has 0 bridgehead atoms.